The van der Waals surface area contributed by atoms with Gasteiger partial charge in [-0.15, -0.1) is 0 Å². The number of hydrogen-bond donors (Lipinski definition) is 0. The van der Waals surface area contributed by atoms with Crippen LogP contribution < -0.4 is 0 Å². The van der Waals surface area contributed by atoms with Crippen molar-refractivity contribution in [2.24, 2.45) is 17.8 Å². The fourth-order valence-electron chi connectivity index (χ4n) is 5.52. The van der Waals surface area contributed by atoms with Gasteiger partial charge in [0.15, 0.2) is 0 Å². The number of hydrogen-bond acceptors (Lipinski definition) is 0. The van der Waals surface area contributed by atoms with Gasteiger partial charge in [-0.3, -0.25) is 0 Å². The van der Waals surface area contributed by atoms with Crippen LogP contribution in [0.25, 0.3) is 0 Å². The topological polar surface area (TPSA) is 0 Å². The largest absolute Gasteiger partial charge is 0.135 e. The molecule has 0 N–H and O–H groups in total. The molecule has 4 atom stereocenters. The predicted octanol–water partition coefficient (Wildman–Crippen LogP) is 8.02. The van der Waals surface area contributed by atoms with Gasteiger partial charge in [0.1, 0.15) is 13.4 Å². The van der Waals surface area contributed by atoms with Crippen LogP contribution in [0.15, 0.2) is 0 Å². The molecule has 0 aliphatic carbocycles. The Bertz CT molecular complexity index is 473. The first kappa shape index (κ1) is 28.4. The van der Waals surface area contributed by atoms with E-state index in [1.165, 1.54) is 33.4 Å². The first-order valence-electron chi connectivity index (χ1n) is 11.8. The molecule has 0 saturated carbocycles. The molecule has 1 aromatic rings. The fourth-order valence-corrected chi connectivity index (χ4v) is 5.52. The SMILES string of the molecule is CB1C(C)B(C)C(C)C(C)C(C)C(C)C1C.Cc1c(C)c(C)c(C)c(C)c1C.[B]. The van der Waals surface area contributed by atoms with E-state index in [9.17, 15) is 0 Å². The van der Waals surface area contributed by atoms with Crippen LogP contribution in [0.2, 0.25) is 31.0 Å². The smallest absolute Gasteiger partial charge is 0.0862 e. The highest BCUT2D eigenvalue weighted by Gasteiger charge is 2.41. The first-order chi connectivity index (χ1) is 12.7. The van der Waals surface area contributed by atoms with Gasteiger partial charge in [-0.2, -0.15) is 0 Å². The highest BCUT2D eigenvalue weighted by molar-refractivity contribution is 6.80. The summed E-state index contributed by atoms with van der Waals surface area (Å²) in [5.74, 6) is 4.32. The summed E-state index contributed by atoms with van der Waals surface area (Å²) in [4.78, 5) is 0. The Balaban J connectivity index is 0.000000542. The third kappa shape index (κ3) is 5.77. The Labute approximate surface area is 187 Å². The van der Waals surface area contributed by atoms with E-state index in [1.807, 2.05) is 0 Å². The predicted molar refractivity (Wildman–Crippen MR) is 140 cm³/mol. The van der Waals surface area contributed by atoms with E-state index in [4.69, 9.17) is 0 Å². The molecule has 1 fully saturated rings. The normalized spacial score (nSPS) is 30.0. The van der Waals surface area contributed by atoms with Crippen molar-refractivity contribution in [3.63, 3.8) is 0 Å². The van der Waals surface area contributed by atoms with Gasteiger partial charge in [-0.05, 0) is 92.7 Å². The maximum atomic E-state index is 2.47. The van der Waals surface area contributed by atoms with Crippen molar-refractivity contribution in [1.29, 1.82) is 0 Å². The van der Waals surface area contributed by atoms with Crippen LogP contribution in [0, 0.1) is 59.3 Å². The Morgan fingerprint density at radius 1 is 0.448 bits per heavy atom. The van der Waals surface area contributed by atoms with Crippen molar-refractivity contribution in [1.82, 2.24) is 0 Å². The Morgan fingerprint density at radius 3 is 0.862 bits per heavy atom. The molecule has 0 nitrogen and oxygen atoms in total. The van der Waals surface area contributed by atoms with Gasteiger partial charge < -0.3 is 0 Å². The fraction of sp³-hybridized carbons (Fsp3) is 0.769. The molecule has 1 aliphatic rings. The molecule has 161 valence electrons. The Hall–Kier alpha value is -0.585. The van der Waals surface area contributed by atoms with Crippen molar-refractivity contribution in [2.75, 3.05) is 0 Å². The lowest BCUT2D eigenvalue weighted by atomic mass is 9.15. The molecule has 3 radical (unpaired) electrons. The monoisotopic (exact) mass is 393 g/mol. The maximum absolute atomic E-state index is 2.47. The van der Waals surface area contributed by atoms with E-state index >= 15 is 0 Å². The summed E-state index contributed by atoms with van der Waals surface area (Å²) in [6.07, 6.45) is 0. The van der Waals surface area contributed by atoms with Gasteiger partial charge in [0.25, 0.3) is 0 Å². The van der Waals surface area contributed by atoms with Crippen LogP contribution in [0.1, 0.15) is 74.9 Å². The van der Waals surface area contributed by atoms with E-state index in [0.717, 1.165) is 48.5 Å². The lowest BCUT2D eigenvalue weighted by Crippen LogP contribution is -2.42. The van der Waals surface area contributed by atoms with Gasteiger partial charge in [-0.1, -0.05) is 72.5 Å². The van der Waals surface area contributed by atoms with Crippen molar-refractivity contribution in [2.45, 2.75) is 114 Å². The summed E-state index contributed by atoms with van der Waals surface area (Å²) >= 11 is 0. The summed E-state index contributed by atoms with van der Waals surface area (Å²) in [6, 6.07) is 0. The van der Waals surface area contributed by atoms with Crippen LogP contribution in [0.3, 0.4) is 0 Å². The maximum Gasteiger partial charge on any atom is 0.135 e. The zero-order valence-electron chi connectivity index (χ0n) is 22.2. The lowest BCUT2D eigenvalue weighted by molar-refractivity contribution is 0.259. The molecule has 0 amide bonds. The average Bonchev–Trinajstić information content (AvgIpc) is 2.70. The second-order valence-electron chi connectivity index (χ2n) is 10.6. The molecule has 0 spiro atoms. The quantitative estimate of drug-likeness (QED) is 0.392. The summed E-state index contributed by atoms with van der Waals surface area (Å²) in [5, 5.41) is 0. The molecule has 1 heterocycles. The van der Waals surface area contributed by atoms with Crippen LogP contribution in [0.4, 0.5) is 0 Å². The Morgan fingerprint density at radius 2 is 0.655 bits per heavy atom. The van der Waals surface area contributed by atoms with Crippen LogP contribution in [0.5, 0.6) is 0 Å². The summed E-state index contributed by atoms with van der Waals surface area (Å²) in [5.41, 5.74) is 9.59. The highest BCUT2D eigenvalue weighted by atomic mass is 14.3. The van der Waals surface area contributed by atoms with Crippen molar-refractivity contribution >= 4 is 21.8 Å². The minimum absolute atomic E-state index is 0. The average molecular weight is 393 g/mol. The third-order valence-corrected chi connectivity index (χ3v) is 10.0. The van der Waals surface area contributed by atoms with E-state index in [-0.39, 0.29) is 8.41 Å². The van der Waals surface area contributed by atoms with Crippen molar-refractivity contribution < 1.29 is 0 Å². The van der Waals surface area contributed by atoms with E-state index in [0.29, 0.717) is 0 Å². The van der Waals surface area contributed by atoms with Gasteiger partial charge in [0.2, 0.25) is 0 Å². The summed E-state index contributed by atoms with van der Waals surface area (Å²) < 4.78 is 0. The second-order valence-corrected chi connectivity index (χ2v) is 10.6. The van der Waals surface area contributed by atoms with Gasteiger partial charge >= 0.3 is 0 Å². The van der Waals surface area contributed by atoms with Crippen LogP contribution in [-0.2, 0) is 0 Å². The third-order valence-electron chi connectivity index (χ3n) is 10.0. The second kappa shape index (κ2) is 11.2. The van der Waals surface area contributed by atoms with Crippen molar-refractivity contribution in [3.05, 3.63) is 33.4 Å². The van der Waals surface area contributed by atoms with E-state index in [1.54, 1.807) is 0 Å². The van der Waals surface area contributed by atoms with Gasteiger partial charge in [-0.25, -0.2) is 0 Å². The molecule has 0 bridgehead atoms. The number of benzene rings is 1. The number of rotatable bonds is 0. The molecular weight excluding hydrogens is 345 g/mol. The van der Waals surface area contributed by atoms with Crippen molar-refractivity contribution in [3.8, 4) is 0 Å². The lowest BCUT2D eigenvalue weighted by Gasteiger charge is -2.43. The molecule has 4 unspecified atom stereocenters. The zero-order valence-corrected chi connectivity index (χ0v) is 22.2. The minimum atomic E-state index is 0. The first-order valence-corrected chi connectivity index (χ1v) is 11.8. The summed E-state index contributed by atoms with van der Waals surface area (Å²) in [7, 11) is 0. The van der Waals surface area contributed by atoms with E-state index < -0.39 is 0 Å². The Kier molecular flexibility index (Phi) is 10.9. The molecule has 3 heteroatoms. The molecule has 1 aliphatic heterocycles. The summed E-state index contributed by atoms with van der Waals surface area (Å²) in [6.45, 7) is 34.8. The van der Waals surface area contributed by atoms with Crippen LogP contribution >= 0.6 is 0 Å². The van der Waals surface area contributed by atoms with Gasteiger partial charge in [0.05, 0.1) is 0 Å². The molecule has 1 saturated heterocycles. The zero-order chi connectivity index (χ0) is 22.1. The minimum Gasteiger partial charge on any atom is -0.0862 e. The van der Waals surface area contributed by atoms with Gasteiger partial charge in [0, 0.05) is 8.41 Å². The molecular formula is C26H48B3. The molecule has 0 aromatic heterocycles. The molecule has 29 heavy (non-hydrogen) atoms. The molecule has 1 aromatic carbocycles. The standard InChI is InChI=1S/C14H30B2.C12H18.B/c1-9-10(2)12(4)15(7)14(6)16(8)13(5)11(9)3;1-7-8(2)10(4)12(6)11(5)9(7)3;/h9-14H,1-8H3;1-6H3;. The molecule has 2 rings (SSSR count). The van der Waals surface area contributed by atoms with Crippen LogP contribution in [-0.4, -0.2) is 21.8 Å². The van der Waals surface area contributed by atoms with E-state index in [2.05, 4.69) is 96.7 Å². The highest BCUT2D eigenvalue weighted by Crippen LogP contribution is 2.45.